The number of halogens is 1. The molecule has 3 N–H and O–H groups in total. The summed E-state index contributed by atoms with van der Waals surface area (Å²) in [5.74, 6) is -0.758. The topological polar surface area (TPSA) is 87.3 Å². The molecule has 0 aliphatic rings. The van der Waals surface area contributed by atoms with Crippen LogP contribution < -0.4 is 16.0 Å². The van der Waals surface area contributed by atoms with Gasteiger partial charge in [-0.05, 0) is 35.7 Å². The number of amides is 3. The van der Waals surface area contributed by atoms with E-state index in [2.05, 4.69) is 16.0 Å². The van der Waals surface area contributed by atoms with Crippen LogP contribution in [-0.4, -0.2) is 36.9 Å². The lowest BCUT2D eigenvalue weighted by Gasteiger charge is -2.23. The van der Waals surface area contributed by atoms with Gasteiger partial charge in [0.05, 0.1) is 6.42 Å². The maximum Gasteiger partial charge on any atom is 0.251 e. The highest BCUT2D eigenvalue weighted by Crippen LogP contribution is 2.12. The molecule has 6 nitrogen and oxygen atoms in total. The van der Waals surface area contributed by atoms with Crippen molar-refractivity contribution in [1.82, 2.24) is 16.0 Å². The van der Waals surface area contributed by atoms with E-state index in [0.29, 0.717) is 23.6 Å². The van der Waals surface area contributed by atoms with E-state index in [1.54, 1.807) is 24.3 Å². The van der Waals surface area contributed by atoms with E-state index < -0.39 is 6.04 Å². The molecule has 2 aromatic rings. The number of carbonyl (C=O) groups is 3. The lowest BCUT2D eigenvalue weighted by molar-refractivity contribution is -0.124. The summed E-state index contributed by atoms with van der Waals surface area (Å²) in [6.45, 7) is 4.47. The van der Waals surface area contributed by atoms with E-state index in [1.807, 2.05) is 44.2 Å². The largest absolute Gasteiger partial charge is 0.354 e. The number of carbonyl (C=O) groups excluding carboxylic acids is 3. The van der Waals surface area contributed by atoms with E-state index in [9.17, 15) is 14.4 Å². The molecule has 0 aliphatic heterocycles. The second-order valence-corrected chi connectivity index (χ2v) is 7.58. The first-order chi connectivity index (χ1) is 14.4. The fourth-order valence-corrected chi connectivity index (χ4v) is 3.00. The lowest BCUT2D eigenvalue weighted by Crippen LogP contribution is -2.51. The molecule has 0 radical (unpaired) electrons. The first-order valence-electron chi connectivity index (χ1n) is 10.1. The second kappa shape index (κ2) is 12.0. The molecule has 7 heteroatoms. The van der Waals surface area contributed by atoms with Gasteiger partial charge in [-0.15, -0.1) is 0 Å². The van der Waals surface area contributed by atoms with Crippen molar-refractivity contribution in [2.24, 2.45) is 5.92 Å². The Morgan fingerprint density at radius 2 is 1.57 bits per heavy atom. The highest BCUT2D eigenvalue weighted by molar-refractivity contribution is 6.30. The maximum absolute atomic E-state index is 12.6. The third-order valence-electron chi connectivity index (χ3n) is 4.84. The number of nitrogens with one attached hydrogen (secondary N) is 3. The van der Waals surface area contributed by atoms with Crippen LogP contribution >= 0.6 is 11.6 Å². The predicted octanol–water partition coefficient (Wildman–Crippen LogP) is 2.96. The van der Waals surface area contributed by atoms with Gasteiger partial charge in [-0.2, -0.15) is 0 Å². The summed E-state index contributed by atoms with van der Waals surface area (Å²) in [4.78, 5) is 37.1. The summed E-state index contributed by atoms with van der Waals surface area (Å²) in [6.07, 6.45) is 1.02. The molecule has 0 aromatic heterocycles. The van der Waals surface area contributed by atoms with Gasteiger partial charge in [0, 0.05) is 23.7 Å². The summed E-state index contributed by atoms with van der Waals surface area (Å²) < 4.78 is 0. The van der Waals surface area contributed by atoms with Crippen molar-refractivity contribution in [3.8, 4) is 0 Å². The molecule has 0 saturated heterocycles. The van der Waals surface area contributed by atoms with Gasteiger partial charge in [0.2, 0.25) is 11.8 Å². The van der Waals surface area contributed by atoms with Crippen molar-refractivity contribution >= 4 is 29.3 Å². The minimum Gasteiger partial charge on any atom is -0.354 e. The van der Waals surface area contributed by atoms with Gasteiger partial charge in [0.15, 0.2) is 0 Å². The molecule has 30 heavy (non-hydrogen) atoms. The van der Waals surface area contributed by atoms with Crippen molar-refractivity contribution in [3.63, 3.8) is 0 Å². The normalized spacial score (nSPS) is 12.5. The summed E-state index contributed by atoms with van der Waals surface area (Å²) in [7, 11) is 0. The van der Waals surface area contributed by atoms with Gasteiger partial charge >= 0.3 is 0 Å². The van der Waals surface area contributed by atoms with Crippen molar-refractivity contribution in [2.75, 3.05) is 13.1 Å². The van der Waals surface area contributed by atoms with Crippen LogP contribution in [0.2, 0.25) is 5.02 Å². The van der Waals surface area contributed by atoms with Gasteiger partial charge in [-0.3, -0.25) is 14.4 Å². The standard InChI is InChI=1S/C23H28ClN3O3/c1-3-16(2)21(27-22(29)18-9-11-19(24)12-10-18)23(30)26-14-13-25-20(28)15-17-7-5-4-6-8-17/h4-12,16,21H,3,13-15H2,1-2H3,(H,25,28)(H,26,30)(H,27,29). The Bertz CT molecular complexity index is 841. The first kappa shape index (κ1) is 23.4. The Kier molecular flexibility index (Phi) is 9.35. The molecule has 0 saturated carbocycles. The Labute approximate surface area is 182 Å². The van der Waals surface area contributed by atoms with Crippen molar-refractivity contribution < 1.29 is 14.4 Å². The molecule has 2 atom stereocenters. The van der Waals surface area contributed by atoms with Crippen LogP contribution in [0.25, 0.3) is 0 Å². The highest BCUT2D eigenvalue weighted by Gasteiger charge is 2.26. The first-order valence-corrected chi connectivity index (χ1v) is 10.4. The van der Waals surface area contributed by atoms with Gasteiger partial charge < -0.3 is 16.0 Å². The van der Waals surface area contributed by atoms with Crippen LogP contribution in [-0.2, 0) is 16.0 Å². The van der Waals surface area contributed by atoms with Crippen molar-refractivity contribution in [2.45, 2.75) is 32.7 Å². The van der Waals surface area contributed by atoms with E-state index in [1.165, 1.54) is 0 Å². The summed E-state index contributed by atoms with van der Waals surface area (Å²) >= 11 is 5.86. The highest BCUT2D eigenvalue weighted by atomic mass is 35.5. The van der Waals surface area contributed by atoms with Gasteiger partial charge in [-0.25, -0.2) is 0 Å². The fraction of sp³-hybridized carbons (Fsp3) is 0.348. The van der Waals surface area contributed by atoms with E-state index in [4.69, 9.17) is 11.6 Å². The molecule has 160 valence electrons. The molecule has 0 aliphatic carbocycles. The average Bonchev–Trinajstić information content (AvgIpc) is 2.75. The minimum absolute atomic E-state index is 0.0473. The zero-order valence-corrected chi connectivity index (χ0v) is 18.0. The lowest BCUT2D eigenvalue weighted by atomic mass is 9.98. The summed E-state index contributed by atoms with van der Waals surface area (Å²) in [5, 5.41) is 8.92. The van der Waals surface area contributed by atoms with Crippen LogP contribution in [0.1, 0.15) is 36.2 Å². The summed E-state index contributed by atoms with van der Waals surface area (Å²) in [6, 6.07) is 15.3. The second-order valence-electron chi connectivity index (χ2n) is 7.15. The molecule has 0 bridgehead atoms. The van der Waals surface area contributed by atoms with Crippen LogP contribution in [0, 0.1) is 5.92 Å². The molecule has 2 aromatic carbocycles. The predicted molar refractivity (Wildman–Crippen MR) is 118 cm³/mol. The van der Waals surface area contributed by atoms with Gasteiger partial charge in [0.25, 0.3) is 5.91 Å². The number of rotatable bonds is 10. The Balaban J connectivity index is 1.82. The number of hydrogen-bond donors (Lipinski definition) is 3. The third-order valence-corrected chi connectivity index (χ3v) is 5.09. The van der Waals surface area contributed by atoms with Gasteiger partial charge in [-0.1, -0.05) is 62.2 Å². The zero-order chi connectivity index (χ0) is 21.9. The van der Waals surface area contributed by atoms with Gasteiger partial charge in [0.1, 0.15) is 6.04 Å². The van der Waals surface area contributed by atoms with Crippen LogP contribution in [0.4, 0.5) is 0 Å². The third kappa shape index (κ3) is 7.52. The minimum atomic E-state index is -0.668. The molecule has 0 heterocycles. The van der Waals surface area contributed by atoms with E-state index in [-0.39, 0.29) is 30.2 Å². The fourth-order valence-electron chi connectivity index (χ4n) is 2.87. The van der Waals surface area contributed by atoms with Crippen molar-refractivity contribution in [3.05, 3.63) is 70.7 Å². The van der Waals surface area contributed by atoms with Crippen LogP contribution in [0.5, 0.6) is 0 Å². The van der Waals surface area contributed by atoms with Crippen LogP contribution in [0.3, 0.4) is 0 Å². The smallest absolute Gasteiger partial charge is 0.251 e. The molecular formula is C23H28ClN3O3. The monoisotopic (exact) mass is 429 g/mol. The molecule has 2 unspecified atom stereocenters. The molecule has 0 fully saturated rings. The number of benzene rings is 2. The quantitative estimate of drug-likeness (QED) is 0.507. The number of hydrogen-bond acceptors (Lipinski definition) is 3. The molecular weight excluding hydrogens is 402 g/mol. The molecule has 3 amide bonds. The van der Waals surface area contributed by atoms with E-state index in [0.717, 1.165) is 12.0 Å². The Morgan fingerprint density at radius 1 is 0.933 bits per heavy atom. The van der Waals surface area contributed by atoms with Crippen LogP contribution in [0.15, 0.2) is 54.6 Å². The molecule has 0 spiro atoms. The molecule has 2 rings (SSSR count). The summed E-state index contributed by atoms with van der Waals surface area (Å²) in [5.41, 5.74) is 1.37. The maximum atomic E-state index is 12.6. The Hall–Kier alpha value is -2.86. The zero-order valence-electron chi connectivity index (χ0n) is 17.3. The average molecular weight is 430 g/mol. The Morgan fingerprint density at radius 3 is 2.20 bits per heavy atom. The SMILES string of the molecule is CCC(C)C(NC(=O)c1ccc(Cl)cc1)C(=O)NCCNC(=O)Cc1ccccc1. The van der Waals surface area contributed by atoms with E-state index >= 15 is 0 Å². The van der Waals surface area contributed by atoms with Crippen molar-refractivity contribution in [1.29, 1.82) is 0 Å².